The van der Waals surface area contributed by atoms with E-state index >= 15 is 0 Å². The summed E-state index contributed by atoms with van der Waals surface area (Å²) >= 11 is 1.27. The molecule has 0 saturated heterocycles. The third-order valence-electron chi connectivity index (χ3n) is 5.18. The zero-order chi connectivity index (χ0) is 18.8. The van der Waals surface area contributed by atoms with Crippen LogP contribution >= 0.6 is 11.3 Å². The largest absolute Gasteiger partial charge is 0.387 e. The Morgan fingerprint density at radius 2 is 2.15 bits per heavy atom. The zero-order valence-corrected chi connectivity index (χ0v) is 15.2. The maximum Gasteiger partial charge on any atom is 0.253 e. The van der Waals surface area contributed by atoms with Crippen molar-refractivity contribution in [1.82, 2.24) is 19.7 Å². The minimum atomic E-state index is -2.78. The number of fused-ring (bicyclic) bond motifs is 2. The van der Waals surface area contributed by atoms with E-state index in [0.29, 0.717) is 16.9 Å². The van der Waals surface area contributed by atoms with Gasteiger partial charge in [0.25, 0.3) is 5.92 Å². The fourth-order valence-electron chi connectivity index (χ4n) is 3.53. The summed E-state index contributed by atoms with van der Waals surface area (Å²) in [4.78, 5) is 10.3. The summed E-state index contributed by atoms with van der Waals surface area (Å²) in [7, 11) is 1.84. The van der Waals surface area contributed by atoms with Gasteiger partial charge in [-0.1, -0.05) is 0 Å². The van der Waals surface area contributed by atoms with Gasteiger partial charge in [-0.15, -0.1) is 11.3 Å². The van der Waals surface area contributed by atoms with Crippen molar-refractivity contribution >= 4 is 32.6 Å². The molecular formula is C19H16F2N4OS. The molecule has 1 aliphatic rings. The van der Waals surface area contributed by atoms with Crippen molar-refractivity contribution in [2.75, 3.05) is 0 Å². The smallest absolute Gasteiger partial charge is 0.253 e. The quantitative estimate of drug-likeness (QED) is 0.569. The van der Waals surface area contributed by atoms with Crippen LogP contribution in [-0.4, -0.2) is 30.8 Å². The molecule has 1 N–H and O–H groups in total. The monoisotopic (exact) mass is 386 g/mol. The molecule has 0 aromatic carbocycles. The standard InChI is InChI=1S/C19H16F2N4OS/c1-25-9-12-6-11(8-22-17(12)24-25)14-3-2-10-7-15(27-18(10)23-14)16(26)13-4-5-19(13,20)21/h2-3,6-9,13,16,26H,4-5H2,1H3/t13-,16-/m0/s1. The van der Waals surface area contributed by atoms with Crippen molar-refractivity contribution in [3.8, 4) is 11.3 Å². The average molecular weight is 386 g/mol. The first-order chi connectivity index (χ1) is 12.9. The number of rotatable bonds is 3. The second kappa shape index (κ2) is 5.77. The lowest BCUT2D eigenvalue weighted by Gasteiger charge is -2.38. The molecule has 27 heavy (non-hydrogen) atoms. The fourth-order valence-corrected chi connectivity index (χ4v) is 4.62. The molecule has 0 unspecified atom stereocenters. The number of thiophene rings is 1. The van der Waals surface area contributed by atoms with Crippen LogP contribution < -0.4 is 0 Å². The van der Waals surface area contributed by atoms with Crippen molar-refractivity contribution in [2.24, 2.45) is 13.0 Å². The van der Waals surface area contributed by atoms with Crippen molar-refractivity contribution in [2.45, 2.75) is 24.9 Å². The van der Waals surface area contributed by atoms with E-state index in [1.165, 1.54) is 11.3 Å². The number of nitrogens with zero attached hydrogens (tertiary/aromatic N) is 4. The third kappa shape index (κ3) is 2.71. The molecule has 4 aromatic heterocycles. The summed E-state index contributed by atoms with van der Waals surface area (Å²) in [6, 6.07) is 7.51. The number of halogens is 2. The Morgan fingerprint density at radius 3 is 2.89 bits per heavy atom. The van der Waals surface area contributed by atoms with E-state index < -0.39 is 17.9 Å². The number of aryl methyl sites for hydroxylation is 1. The second-order valence-electron chi connectivity index (χ2n) is 7.03. The van der Waals surface area contributed by atoms with E-state index in [1.54, 1.807) is 16.9 Å². The molecule has 5 nitrogen and oxygen atoms in total. The van der Waals surface area contributed by atoms with Crippen molar-refractivity contribution in [3.63, 3.8) is 0 Å². The average Bonchev–Trinajstić information content (AvgIpc) is 3.21. The minimum Gasteiger partial charge on any atom is -0.387 e. The fraction of sp³-hybridized carbons (Fsp3) is 0.316. The van der Waals surface area contributed by atoms with E-state index in [9.17, 15) is 13.9 Å². The summed E-state index contributed by atoms with van der Waals surface area (Å²) in [6.07, 6.45) is 2.67. The maximum atomic E-state index is 13.6. The summed E-state index contributed by atoms with van der Waals surface area (Å²) in [5.74, 6) is -3.78. The molecule has 5 rings (SSSR count). The Kier molecular flexibility index (Phi) is 3.57. The van der Waals surface area contributed by atoms with Crippen molar-refractivity contribution < 1.29 is 13.9 Å². The molecule has 0 spiro atoms. The number of alkyl halides is 2. The molecule has 4 heterocycles. The first-order valence-corrected chi connectivity index (χ1v) is 9.48. The number of pyridine rings is 2. The lowest BCUT2D eigenvalue weighted by atomic mass is 9.76. The highest BCUT2D eigenvalue weighted by molar-refractivity contribution is 7.18. The first kappa shape index (κ1) is 16.7. The molecule has 4 aromatic rings. The maximum absolute atomic E-state index is 13.6. The van der Waals surface area contributed by atoms with Gasteiger partial charge in [0.1, 0.15) is 4.83 Å². The molecule has 1 fully saturated rings. The summed E-state index contributed by atoms with van der Waals surface area (Å²) in [5.41, 5.74) is 2.28. The molecule has 138 valence electrons. The van der Waals surface area contributed by atoms with Crippen LogP contribution in [0.5, 0.6) is 0 Å². The highest BCUT2D eigenvalue weighted by atomic mass is 32.1. The number of aliphatic hydroxyl groups is 1. The highest BCUT2D eigenvalue weighted by Gasteiger charge is 2.52. The predicted octanol–water partition coefficient (Wildman–Crippen LogP) is 4.32. The van der Waals surface area contributed by atoms with Gasteiger partial charge in [0.2, 0.25) is 0 Å². The highest BCUT2D eigenvalue weighted by Crippen LogP contribution is 2.51. The first-order valence-electron chi connectivity index (χ1n) is 8.67. The normalized spacial score (nSPS) is 20.1. The summed E-state index contributed by atoms with van der Waals surface area (Å²) < 4.78 is 29.0. The van der Waals surface area contributed by atoms with Gasteiger partial charge in [-0.3, -0.25) is 4.68 Å². The van der Waals surface area contributed by atoms with Crippen LogP contribution in [0.3, 0.4) is 0 Å². The third-order valence-corrected chi connectivity index (χ3v) is 6.29. The van der Waals surface area contributed by atoms with Crippen molar-refractivity contribution in [1.29, 1.82) is 0 Å². The Bertz CT molecular complexity index is 1170. The number of hydrogen-bond acceptors (Lipinski definition) is 5. The zero-order valence-electron chi connectivity index (χ0n) is 14.4. The van der Waals surface area contributed by atoms with Gasteiger partial charge in [0.15, 0.2) is 5.65 Å². The van der Waals surface area contributed by atoms with Gasteiger partial charge in [-0.05, 0) is 30.7 Å². The number of aliphatic hydroxyl groups excluding tert-OH is 1. The summed E-state index contributed by atoms with van der Waals surface area (Å²) in [6.45, 7) is 0. The van der Waals surface area contributed by atoms with Crippen LogP contribution in [0.4, 0.5) is 8.78 Å². The van der Waals surface area contributed by atoms with E-state index in [-0.39, 0.29) is 6.42 Å². The molecular weight excluding hydrogens is 370 g/mol. The lowest BCUT2D eigenvalue weighted by Crippen LogP contribution is -2.42. The van der Waals surface area contributed by atoms with E-state index in [1.807, 2.05) is 31.4 Å². The Balaban J connectivity index is 1.51. The van der Waals surface area contributed by atoms with Gasteiger partial charge in [-0.25, -0.2) is 18.7 Å². The van der Waals surface area contributed by atoms with Crippen LogP contribution in [0, 0.1) is 5.92 Å². The molecule has 8 heteroatoms. The molecule has 1 aliphatic carbocycles. The molecule has 0 amide bonds. The Labute approximate surface area is 157 Å². The van der Waals surface area contributed by atoms with Gasteiger partial charge in [-0.2, -0.15) is 5.10 Å². The number of hydrogen-bond donors (Lipinski definition) is 1. The summed E-state index contributed by atoms with van der Waals surface area (Å²) in [5, 5.41) is 16.4. The Morgan fingerprint density at radius 1 is 1.30 bits per heavy atom. The second-order valence-corrected chi connectivity index (χ2v) is 8.09. The van der Waals surface area contributed by atoms with Crippen molar-refractivity contribution in [3.05, 3.63) is 41.5 Å². The van der Waals surface area contributed by atoms with Crippen LogP contribution in [0.2, 0.25) is 0 Å². The van der Waals surface area contributed by atoms with Gasteiger partial charge in [0.05, 0.1) is 17.7 Å². The predicted molar refractivity (Wildman–Crippen MR) is 99.8 cm³/mol. The van der Waals surface area contributed by atoms with E-state index in [2.05, 4.69) is 15.1 Å². The van der Waals surface area contributed by atoms with E-state index in [0.717, 1.165) is 26.9 Å². The minimum absolute atomic E-state index is 0.147. The topological polar surface area (TPSA) is 63.8 Å². The molecule has 0 aliphatic heterocycles. The molecule has 1 saturated carbocycles. The van der Waals surface area contributed by atoms with Crippen LogP contribution in [0.25, 0.3) is 32.5 Å². The van der Waals surface area contributed by atoms with Gasteiger partial charge in [0, 0.05) is 47.1 Å². The number of aromatic nitrogens is 4. The Hall–Kier alpha value is -2.45. The van der Waals surface area contributed by atoms with Crippen LogP contribution in [0.15, 0.2) is 36.7 Å². The molecule has 0 bridgehead atoms. The van der Waals surface area contributed by atoms with Crippen LogP contribution in [-0.2, 0) is 7.05 Å². The molecule has 2 atom stereocenters. The SMILES string of the molecule is Cn1cc2cc(-c3ccc4cc([C@@H](O)[C@@H]5CCC5(F)F)sc4n3)cnc2n1. The molecule has 0 radical (unpaired) electrons. The van der Waals surface area contributed by atoms with E-state index in [4.69, 9.17) is 0 Å². The van der Waals surface area contributed by atoms with Gasteiger partial charge >= 0.3 is 0 Å². The van der Waals surface area contributed by atoms with Crippen LogP contribution in [0.1, 0.15) is 23.8 Å². The van der Waals surface area contributed by atoms with Gasteiger partial charge < -0.3 is 5.11 Å². The lowest BCUT2D eigenvalue weighted by molar-refractivity contribution is -0.172.